The molecule has 1 fully saturated rings. The van der Waals surface area contributed by atoms with Crippen molar-refractivity contribution >= 4 is 5.91 Å². The summed E-state index contributed by atoms with van der Waals surface area (Å²) in [5.41, 5.74) is 1.27. The maximum Gasteiger partial charge on any atom is 0.261 e. The van der Waals surface area contributed by atoms with Gasteiger partial charge in [0, 0.05) is 19.6 Å². The van der Waals surface area contributed by atoms with Crippen molar-refractivity contribution in [2.24, 2.45) is 0 Å². The van der Waals surface area contributed by atoms with Crippen LogP contribution in [0, 0.1) is 0 Å². The van der Waals surface area contributed by atoms with Crippen molar-refractivity contribution in [1.29, 1.82) is 0 Å². The van der Waals surface area contributed by atoms with Gasteiger partial charge in [-0.3, -0.25) is 9.69 Å². The Bertz CT molecular complexity index is 484. The molecule has 5 heteroatoms. The van der Waals surface area contributed by atoms with Gasteiger partial charge in [-0.2, -0.15) is 0 Å². The molecule has 0 radical (unpaired) electrons. The van der Waals surface area contributed by atoms with Crippen molar-refractivity contribution in [2.45, 2.75) is 39.2 Å². The molecule has 1 atom stereocenters. The highest BCUT2D eigenvalue weighted by molar-refractivity contribution is 5.81. The first-order valence-corrected chi connectivity index (χ1v) is 9.06. The summed E-state index contributed by atoms with van der Waals surface area (Å²) < 4.78 is 11.2. The van der Waals surface area contributed by atoms with Crippen LogP contribution in [0.1, 0.15) is 32.3 Å². The van der Waals surface area contributed by atoms with Crippen molar-refractivity contribution in [2.75, 3.05) is 39.4 Å². The largest absolute Gasteiger partial charge is 0.481 e. The van der Waals surface area contributed by atoms with Crippen molar-refractivity contribution < 1.29 is 14.3 Å². The van der Waals surface area contributed by atoms with Gasteiger partial charge in [-0.05, 0) is 43.5 Å². The molecule has 2 rings (SSSR count). The first kappa shape index (κ1) is 18.7. The van der Waals surface area contributed by atoms with E-state index in [2.05, 4.69) is 17.1 Å². The van der Waals surface area contributed by atoms with Crippen LogP contribution >= 0.6 is 0 Å². The van der Waals surface area contributed by atoms with Crippen molar-refractivity contribution in [3.05, 3.63) is 29.8 Å². The fourth-order valence-electron chi connectivity index (χ4n) is 2.74. The van der Waals surface area contributed by atoms with Crippen LogP contribution in [0.2, 0.25) is 0 Å². The monoisotopic (exact) mass is 334 g/mol. The lowest BCUT2D eigenvalue weighted by Crippen LogP contribution is -2.41. The maximum absolute atomic E-state index is 12.3. The van der Waals surface area contributed by atoms with E-state index in [9.17, 15) is 4.79 Å². The molecule has 1 aromatic rings. The second kappa shape index (κ2) is 10.3. The minimum absolute atomic E-state index is 0.0287. The van der Waals surface area contributed by atoms with Crippen LogP contribution in [0.4, 0.5) is 0 Å². The number of nitrogens with zero attached hydrogens (tertiary/aromatic N) is 1. The summed E-state index contributed by atoms with van der Waals surface area (Å²) in [5.74, 6) is 0.724. The third-order valence-corrected chi connectivity index (χ3v) is 4.33. The summed E-state index contributed by atoms with van der Waals surface area (Å²) in [5, 5.41) is 2.99. The molecule has 0 aromatic heterocycles. The number of hydrogen-bond donors (Lipinski definition) is 1. The smallest absolute Gasteiger partial charge is 0.261 e. The Labute approximate surface area is 145 Å². The van der Waals surface area contributed by atoms with Crippen LogP contribution < -0.4 is 10.1 Å². The normalized spacial score (nSPS) is 16.6. The van der Waals surface area contributed by atoms with Gasteiger partial charge in [0.15, 0.2) is 6.10 Å². The lowest BCUT2D eigenvalue weighted by atomic mass is 10.1. The highest BCUT2D eigenvalue weighted by Crippen LogP contribution is 2.15. The molecular formula is C19H30N2O3. The third-order valence-electron chi connectivity index (χ3n) is 4.33. The van der Waals surface area contributed by atoms with E-state index in [0.29, 0.717) is 13.0 Å². The average Bonchev–Trinajstić information content (AvgIpc) is 2.64. The van der Waals surface area contributed by atoms with E-state index in [1.165, 1.54) is 5.56 Å². The summed E-state index contributed by atoms with van der Waals surface area (Å²) >= 11 is 0. The van der Waals surface area contributed by atoms with Crippen molar-refractivity contribution in [3.8, 4) is 5.75 Å². The highest BCUT2D eigenvalue weighted by atomic mass is 16.5. The van der Waals surface area contributed by atoms with Gasteiger partial charge in [-0.1, -0.05) is 26.0 Å². The molecule has 24 heavy (non-hydrogen) atoms. The molecule has 0 spiro atoms. The molecule has 0 bridgehead atoms. The fraction of sp³-hybridized carbons (Fsp3) is 0.632. The van der Waals surface area contributed by atoms with Gasteiger partial charge in [0.25, 0.3) is 5.91 Å². The Morgan fingerprint density at radius 3 is 2.58 bits per heavy atom. The lowest BCUT2D eigenvalue weighted by molar-refractivity contribution is -0.128. The molecule has 5 nitrogen and oxygen atoms in total. The van der Waals surface area contributed by atoms with E-state index in [4.69, 9.17) is 9.47 Å². The number of morpholine rings is 1. The Morgan fingerprint density at radius 1 is 1.25 bits per heavy atom. The van der Waals surface area contributed by atoms with E-state index in [1.807, 2.05) is 31.2 Å². The summed E-state index contributed by atoms with van der Waals surface area (Å²) in [6.07, 6.45) is 2.18. The number of benzene rings is 1. The minimum Gasteiger partial charge on any atom is -0.481 e. The molecule has 1 saturated heterocycles. The molecular weight excluding hydrogens is 304 g/mol. The van der Waals surface area contributed by atoms with E-state index >= 15 is 0 Å². The number of rotatable bonds is 9. The molecule has 1 aliphatic heterocycles. The molecule has 1 heterocycles. The topological polar surface area (TPSA) is 50.8 Å². The first-order valence-electron chi connectivity index (χ1n) is 9.06. The van der Waals surface area contributed by atoms with Gasteiger partial charge < -0.3 is 14.8 Å². The SMILES string of the molecule is CCc1ccc(OC(CC)C(=O)NCCCN2CCOCC2)cc1. The molecule has 1 aliphatic rings. The number of ether oxygens (including phenoxy) is 2. The molecule has 0 aliphatic carbocycles. The maximum atomic E-state index is 12.3. The quantitative estimate of drug-likeness (QED) is 0.704. The number of amides is 1. The molecule has 1 N–H and O–H groups in total. The summed E-state index contributed by atoms with van der Waals surface area (Å²) in [6, 6.07) is 7.96. The average molecular weight is 334 g/mol. The van der Waals surface area contributed by atoms with Gasteiger partial charge in [-0.15, -0.1) is 0 Å². The molecule has 1 amide bonds. The van der Waals surface area contributed by atoms with Gasteiger partial charge in [0.05, 0.1) is 13.2 Å². The van der Waals surface area contributed by atoms with Crippen LogP contribution in [0.15, 0.2) is 24.3 Å². The predicted octanol–water partition coefficient (Wildman–Crippen LogP) is 2.24. The van der Waals surface area contributed by atoms with E-state index in [-0.39, 0.29) is 5.91 Å². The lowest BCUT2D eigenvalue weighted by Gasteiger charge is -2.26. The van der Waals surface area contributed by atoms with Crippen molar-refractivity contribution in [3.63, 3.8) is 0 Å². The van der Waals surface area contributed by atoms with E-state index in [0.717, 1.165) is 51.4 Å². The minimum atomic E-state index is -0.430. The van der Waals surface area contributed by atoms with E-state index in [1.54, 1.807) is 0 Å². The second-order valence-corrected chi connectivity index (χ2v) is 6.11. The summed E-state index contributed by atoms with van der Waals surface area (Å²) in [4.78, 5) is 14.7. The fourth-order valence-corrected chi connectivity index (χ4v) is 2.74. The Morgan fingerprint density at radius 2 is 1.96 bits per heavy atom. The molecule has 1 unspecified atom stereocenters. The Hall–Kier alpha value is -1.59. The van der Waals surface area contributed by atoms with Crippen molar-refractivity contribution in [1.82, 2.24) is 10.2 Å². The zero-order valence-corrected chi connectivity index (χ0v) is 14.9. The summed E-state index contributed by atoms with van der Waals surface area (Å²) in [7, 11) is 0. The van der Waals surface area contributed by atoms with Crippen LogP contribution in [0.25, 0.3) is 0 Å². The molecule has 134 valence electrons. The first-order chi connectivity index (χ1) is 11.7. The van der Waals surface area contributed by atoms with Crippen LogP contribution in [-0.4, -0.2) is 56.3 Å². The summed E-state index contributed by atoms with van der Waals surface area (Å²) in [6.45, 7) is 9.38. The number of nitrogens with one attached hydrogen (secondary N) is 1. The number of hydrogen-bond acceptors (Lipinski definition) is 4. The van der Waals surface area contributed by atoms with E-state index < -0.39 is 6.10 Å². The van der Waals surface area contributed by atoms with Crippen LogP contribution in [0.3, 0.4) is 0 Å². The zero-order chi connectivity index (χ0) is 17.2. The standard InChI is InChI=1S/C19H30N2O3/c1-3-16-6-8-17(9-7-16)24-18(4-2)19(22)20-10-5-11-21-12-14-23-15-13-21/h6-9,18H,3-5,10-15H2,1-2H3,(H,20,22). The third kappa shape index (κ3) is 6.13. The molecule has 0 saturated carbocycles. The highest BCUT2D eigenvalue weighted by Gasteiger charge is 2.18. The van der Waals surface area contributed by atoms with Gasteiger partial charge in [0.1, 0.15) is 5.75 Å². The Kier molecular flexibility index (Phi) is 8.05. The predicted molar refractivity (Wildman–Crippen MR) is 95.4 cm³/mol. The second-order valence-electron chi connectivity index (χ2n) is 6.11. The number of carbonyl (C=O) groups is 1. The Balaban J connectivity index is 1.69. The van der Waals surface area contributed by atoms with Crippen LogP contribution in [0.5, 0.6) is 5.75 Å². The van der Waals surface area contributed by atoms with Gasteiger partial charge in [-0.25, -0.2) is 0 Å². The number of carbonyl (C=O) groups excluding carboxylic acids is 1. The van der Waals surface area contributed by atoms with Gasteiger partial charge >= 0.3 is 0 Å². The molecule has 1 aromatic carbocycles. The number of aryl methyl sites for hydroxylation is 1. The van der Waals surface area contributed by atoms with Gasteiger partial charge in [0.2, 0.25) is 0 Å². The zero-order valence-electron chi connectivity index (χ0n) is 14.9. The van der Waals surface area contributed by atoms with Crippen LogP contribution in [-0.2, 0) is 16.0 Å².